The molecule has 6 nitrogen and oxygen atoms in total. The number of methoxy groups -OCH3 is 1. The van der Waals surface area contributed by atoms with Gasteiger partial charge >= 0.3 is 5.97 Å². The van der Waals surface area contributed by atoms with Gasteiger partial charge in [0.1, 0.15) is 0 Å². The molecule has 40 heavy (non-hydrogen) atoms. The number of nitrogens with two attached hydrogens (primary N) is 1. The van der Waals surface area contributed by atoms with E-state index in [1.54, 1.807) is 7.11 Å². The van der Waals surface area contributed by atoms with E-state index in [9.17, 15) is 9.90 Å². The van der Waals surface area contributed by atoms with Crippen LogP contribution in [0.5, 0.6) is 0 Å². The monoisotopic (exact) mass is 561 g/mol. The third-order valence-electron chi connectivity index (χ3n) is 13.6. The van der Waals surface area contributed by atoms with Crippen molar-refractivity contribution in [2.75, 3.05) is 33.5 Å². The first-order valence-electron chi connectivity index (χ1n) is 15.9. The van der Waals surface area contributed by atoms with Crippen LogP contribution in [0.2, 0.25) is 0 Å². The highest BCUT2D eigenvalue weighted by Gasteiger charge is 2.69. The molecule has 0 aromatic carbocycles. The molecule has 2 saturated carbocycles. The van der Waals surface area contributed by atoms with Crippen LogP contribution in [-0.2, 0) is 19.0 Å². The summed E-state index contributed by atoms with van der Waals surface area (Å²) in [7, 11) is 1.76. The Balaban J connectivity index is 1.77. The van der Waals surface area contributed by atoms with E-state index in [1.165, 1.54) is 5.57 Å². The minimum absolute atomic E-state index is 0.0725. The molecule has 0 radical (unpaired) electrons. The van der Waals surface area contributed by atoms with Gasteiger partial charge in [0, 0.05) is 24.5 Å². The highest BCUT2D eigenvalue weighted by atomic mass is 16.5. The fraction of sp³-hybridized carbons (Fsp3) is 0.912. The minimum atomic E-state index is -0.609. The van der Waals surface area contributed by atoms with Crippen molar-refractivity contribution in [1.29, 1.82) is 0 Å². The smallest absolute Gasteiger partial charge is 0.307 e. The molecule has 1 aliphatic heterocycles. The van der Waals surface area contributed by atoms with Crippen molar-refractivity contribution >= 4 is 5.97 Å². The maximum Gasteiger partial charge on any atom is 0.307 e. The van der Waals surface area contributed by atoms with Gasteiger partial charge in [0.25, 0.3) is 0 Å². The van der Waals surface area contributed by atoms with Crippen LogP contribution in [0.15, 0.2) is 11.6 Å². The largest absolute Gasteiger partial charge is 0.481 e. The van der Waals surface area contributed by atoms with Gasteiger partial charge in [0.15, 0.2) is 0 Å². The van der Waals surface area contributed by atoms with Gasteiger partial charge in [-0.1, -0.05) is 67.0 Å². The van der Waals surface area contributed by atoms with Gasteiger partial charge in [-0.25, -0.2) is 0 Å². The Bertz CT molecular complexity index is 981. The quantitative estimate of drug-likeness (QED) is 0.310. The molecular formula is C34H59NO5. The number of allylic oxidation sites excluding steroid dienone is 1. The summed E-state index contributed by atoms with van der Waals surface area (Å²) >= 11 is 0. The second-order valence-corrected chi connectivity index (χ2v) is 15.6. The fourth-order valence-corrected chi connectivity index (χ4v) is 10.8. The van der Waals surface area contributed by atoms with E-state index >= 15 is 0 Å². The van der Waals surface area contributed by atoms with Crippen LogP contribution in [0.25, 0.3) is 0 Å². The summed E-state index contributed by atoms with van der Waals surface area (Å²) in [4.78, 5) is 13.2. The summed E-state index contributed by atoms with van der Waals surface area (Å²) in [5.74, 6) is 0.558. The number of hydrogen-bond acceptors (Lipinski definition) is 5. The summed E-state index contributed by atoms with van der Waals surface area (Å²) in [6.45, 7) is 23.0. The van der Waals surface area contributed by atoms with Crippen molar-refractivity contribution in [3.8, 4) is 0 Å². The number of ether oxygens (including phenoxy) is 3. The first kappa shape index (κ1) is 32.0. The SMILES string of the molecule is CO[C@H](C)[C@H](OCCN)C1(C)COC[C@@]2(C)C3=CC[C@@]4(C)[C@H](C(=O)O)[C@@](C)([C@H](C)C(C)C)CC[C@]4(C)[C@H]3CC[C@@H]12. The second kappa shape index (κ2) is 11.0. The van der Waals surface area contributed by atoms with Crippen LogP contribution >= 0.6 is 0 Å². The molecule has 3 fully saturated rings. The number of aliphatic carboxylic acids is 1. The average molecular weight is 562 g/mol. The van der Waals surface area contributed by atoms with E-state index in [2.05, 4.69) is 68.4 Å². The molecule has 6 heteroatoms. The molecule has 0 amide bonds. The van der Waals surface area contributed by atoms with Crippen LogP contribution in [-0.4, -0.2) is 56.8 Å². The highest BCUT2D eigenvalue weighted by molar-refractivity contribution is 5.73. The Morgan fingerprint density at radius 2 is 1.73 bits per heavy atom. The van der Waals surface area contributed by atoms with Crippen LogP contribution in [0, 0.1) is 56.7 Å². The van der Waals surface area contributed by atoms with E-state index in [0.29, 0.717) is 50.0 Å². The van der Waals surface area contributed by atoms with E-state index < -0.39 is 5.97 Å². The third kappa shape index (κ3) is 4.45. The van der Waals surface area contributed by atoms with Crippen LogP contribution in [0.3, 0.4) is 0 Å². The maximum absolute atomic E-state index is 13.2. The van der Waals surface area contributed by atoms with Crippen LogP contribution in [0.1, 0.15) is 94.4 Å². The molecule has 1 saturated heterocycles. The number of rotatable bonds is 9. The highest BCUT2D eigenvalue weighted by Crippen LogP contribution is 2.73. The molecule has 0 aromatic rings. The lowest BCUT2D eigenvalue weighted by atomic mass is 9.35. The Hall–Kier alpha value is -0.950. The minimum Gasteiger partial charge on any atom is -0.481 e. The lowest BCUT2D eigenvalue weighted by molar-refractivity contribution is -0.223. The fourth-order valence-electron chi connectivity index (χ4n) is 10.8. The molecule has 1 unspecified atom stereocenters. The summed E-state index contributed by atoms with van der Waals surface area (Å²) in [5.41, 5.74) is 6.44. The maximum atomic E-state index is 13.2. The predicted octanol–water partition coefficient (Wildman–Crippen LogP) is 6.57. The molecule has 0 aromatic heterocycles. The van der Waals surface area contributed by atoms with Gasteiger partial charge in [-0.3, -0.25) is 4.79 Å². The van der Waals surface area contributed by atoms with Crippen molar-refractivity contribution < 1.29 is 24.1 Å². The number of carboxylic acids is 1. The summed E-state index contributed by atoms with van der Waals surface area (Å²) in [6.07, 6.45) is 7.31. The molecule has 3 N–H and O–H groups in total. The number of hydrogen-bond donors (Lipinski definition) is 2. The van der Waals surface area contributed by atoms with Crippen molar-refractivity contribution in [2.45, 2.75) is 107 Å². The Kier molecular flexibility index (Phi) is 8.76. The lowest BCUT2D eigenvalue weighted by Crippen LogP contribution is -2.66. The first-order chi connectivity index (χ1) is 18.6. The van der Waals surface area contributed by atoms with E-state index in [4.69, 9.17) is 19.9 Å². The van der Waals surface area contributed by atoms with E-state index in [0.717, 1.165) is 32.1 Å². The molecule has 3 aliphatic carbocycles. The van der Waals surface area contributed by atoms with Crippen LogP contribution < -0.4 is 5.73 Å². The Morgan fingerprint density at radius 1 is 1.05 bits per heavy atom. The Labute approximate surface area is 244 Å². The third-order valence-corrected chi connectivity index (χ3v) is 13.6. The number of carboxylic acid groups (broad SMARTS) is 1. The molecule has 4 aliphatic rings. The molecule has 0 spiro atoms. The predicted molar refractivity (Wildman–Crippen MR) is 160 cm³/mol. The Morgan fingerprint density at radius 3 is 2.30 bits per heavy atom. The zero-order valence-corrected chi connectivity index (χ0v) is 27.1. The van der Waals surface area contributed by atoms with Gasteiger partial charge in [-0.2, -0.15) is 0 Å². The number of carbonyl (C=O) groups is 1. The van der Waals surface area contributed by atoms with E-state index in [-0.39, 0.29) is 45.2 Å². The lowest BCUT2D eigenvalue weighted by Gasteiger charge is -2.69. The molecular weight excluding hydrogens is 502 g/mol. The molecule has 1 heterocycles. The van der Waals surface area contributed by atoms with Gasteiger partial charge in [0.05, 0.1) is 37.9 Å². The van der Waals surface area contributed by atoms with Crippen molar-refractivity contribution in [1.82, 2.24) is 0 Å². The van der Waals surface area contributed by atoms with Gasteiger partial charge in [-0.05, 0) is 78.9 Å². The molecule has 0 bridgehead atoms. The van der Waals surface area contributed by atoms with E-state index in [1.807, 2.05) is 0 Å². The normalized spacial score (nSPS) is 45.5. The van der Waals surface area contributed by atoms with Crippen molar-refractivity contribution in [3.63, 3.8) is 0 Å². The standard InChI is InChI=1S/C34H59NO5/c1-21(2)22(3)30(5)15-16-33(8)25-11-12-26-31(6,24(25)13-14-34(33,9)27(30)29(36)37)19-39-20-32(26,7)28(23(4)38-10)40-18-17-35/h13,21-23,25-28H,11-12,14-20,35H2,1-10H3,(H,36,37)/t22-,23-,25+,26-,27-,28+,30-,31+,32?,33-,34+/m1/s1. The molecule has 4 rings (SSSR count). The zero-order chi connectivity index (χ0) is 29.9. The van der Waals surface area contributed by atoms with Crippen molar-refractivity contribution in [3.05, 3.63) is 11.6 Å². The summed E-state index contributed by atoms with van der Waals surface area (Å²) in [5, 5.41) is 10.9. The first-order valence-corrected chi connectivity index (χ1v) is 15.9. The van der Waals surface area contributed by atoms with Gasteiger partial charge in [0.2, 0.25) is 0 Å². The zero-order valence-electron chi connectivity index (χ0n) is 27.1. The van der Waals surface area contributed by atoms with Gasteiger partial charge < -0.3 is 25.1 Å². The van der Waals surface area contributed by atoms with Gasteiger partial charge in [-0.15, -0.1) is 0 Å². The molecule has 230 valence electrons. The summed E-state index contributed by atoms with van der Waals surface area (Å²) < 4.78 is 18.8. The van der Waals surface area contributed by atoms with Crippen molar-refractivity contribution in [2.24, 2.45) is 62.4 Å². The van der Waals surface area contributed by atoms with Crippen LogP contribution in [0.4, 0.5) is 0 Å². The summed E-state index contributed by atoms with van der Waals surface area (Å²) in [6, 6.07) is 0. The average Bonchev–Trinajstić information content (AvgIpc) is 2.88. The number of fused-ring (bicyclic) bond motifs is 5. The second-order valence-electron chi connectivity index (χ2n) is 15.6. The topological polar surface area (TPSA) is 91.0 Å². The molecule has 11 atom stereocenters.